The molecule has 0 saturated heterocycles. The molecule has 0 aliphatic heterocycles. The van der Waals surface area contributed by atoms with Crippen LogP contribution in [0, 0.1) is 5.92 Å². The van der Waals surface area contributed by atoms with Crippen LogP contribution >= 0.6 is 12.6 Å². The Morgan fingerprint density at radius 3 is 2.00 bits per heavy atom. The van der Waals surface area contributed by atoms with Gasteiger partial charge in [-0.15, -0.1) is 0 Å². The molecular formula is C18H35N7O6S. The van der Waals surface area contributed by atoms with Crippen LogP contribution < -0.4 is 33.2 Å². The van der Waals surface area contributed by atoms with E-state index in [1.165, 1.54) is 0 Å². The van der Waals surface area contributed by atoms with Crippen LogP contribution in [-0.4, -0.2) is 82.9 Å². The molecule has 0 bridgehead atoms. The van der Waals surface area contributed by atoms with E-state index in [-0.39, 0.29) is 30.6 Å². The number of hydrogen-bond donors (Lipinski definition) is 9. The van der Waals surface area contributed by atoms with E-state index in [0.717, 1.165) is 0 Å². The molecular weight excluding hydrogens is 442 g/mol. The normalized spacial score (nSPS) is 15.4. The smallest absolute Gasteiger partial charge is 0.326 e. The van der Waals surface area contributed by atoms with E-state index in [1.807, 2.05) is 6.92 Å². The largest absolute Gasteiger partial charge is 0.480 e. The van der Waals surface area contributed by atoms with E-state index < -0.39 is 54.5 Å². The van der Waals surface area contributed by atoms with Gasteiger partial charge in [0.05, 0.1) is 12.6 Å². The number of hydrogen-bond acceptors (Lipinski definition) is 8. The summed E-state index contributed by atoms with van der Waals surface area (Å²) in [4.78, 5) is 52.2. The molecule has 184 valence electrons. The first kappa shape index (κ1) is 29.4. The summed E-state index contributed by atoms with van der Waals surface area (Å²) >= 11 is 4.01. The van der Waals surface area contributed by atoms with Gasteiger partial charge >= 0.3 is 5.97 Å². The predicted octanol–water partition coefficient (Wildman–Crippen LogP) is -3.13. The van der Waals surface area contributed by atoms with Gasteiger partial charge in [0.15, 0.2) is 5.96 Å². The van der Waals surface area contributed by atoms with Crippen LogP contribution in [0.25, 0.3) is 0 Å². The van der Waals surface area contributed by atoms with Gasteiger partial charge in [-0.2, -0.15) is 12.6 Å². The molecule has 0 heterocycles. The lowest BCUT2D eigenvalue weighted by Gasteiger charge is -2.24. The topological polar surface area (TPSA) is 235 Å². The lowest BCUT2D eigenvalue weighted by Crippen LogP contribution is -2.59. The summed E-state index contributed by atoms with van der Waals surface area (Å²) in [5, 5.41) is 25.8. The average Bonchev–Trinajstić information content (AvgIpc) is 2.75. The maximum atomic E-state index is 12.5. The Morgan fingerprint density at radius 2 is 1.53 bits per heavy atom. The number of guanidine groups is 1. The monoisotopic (exact) mass is 477 g/mol. The number of amides is 3. The van der Waals surface area contributed by atoms with Crippen LogP contribution in [-0.2, 0) is 19.2 Å². The second kappa shape index (κ2) is 15.3. The van der Waals surface area contributed by atoms with Crippen molar-refractivity contribution in [1.29, 1.82) is 0 Å². The van der Waals surface area contributed by atoms with Crippen molar-refractivity contribution < 1.29 is 29.4 Å². The van der Waals surface area contributed by atoms with Crippen LogP contribution in [0.5, 0.6) is 0 Å². The number of aliphatic hydroxyl groups is 1. The molecule has 0 saturated carbocycles. The third-order valence-electron chi connectivity index (χ3n) is 4.75. The molecule has 0 aromatic heterocycles. The molecule has 0 spiro atoms. The number of carbonyl (C=O) groups excluding carboxylic acids is 3. The molecule has 0 radical (unpaired) electrons. The summed E-state index contributed by atoms with van der Waals surface area (Å²) in [6.07, 6.45) is 0.985. The van der Waals surface area contributed by atoms with Crippen molar-refractivity contribution in [3.63, 3.8) is 0 Å². The van der Waals surface area contributed by atoms with Crippen LogP contribution in [0.2, 0.25) is 0 Å². The van der Waals surface area contributed by atoms with Gasteiger partial charge in [-0.1, -0.05) is 20.3 Å². The molecule has 0 fully saturated rings. The van der Waals surface area contributed by atoms with E-state index >= 15 is 0 Å². The highest BCUT2D eigenvalue weighted by Gasteiger charge is 2.30. The molecule has 11 N–H and O–H groups in total. The summed E-state index contributed by atoms with van der Waals surface area (Å²) in [5.74, 6) is -3.95. The first-order chi connectivity index (χ1) is 15.0. The number of aliphatic imine (C=N–C) groups is 1. The molecule has 0 aliphatic rings. The van der Waals surface area contributed by atoms with E-state index in [4.69, 9.17) is 17.2 Å². The maximum Gasteiger partial charge on any atom is 0.326 e. The number of rotatable bonds is 15. The van der Waals surface area contributed by atoms with Gasteiger partial charge in [-0.25, -0.2) is 4.79 Å². The zero-order valence-electron chi connectivity index (χ0n) is 18.3. The Bertz CT molecular complexity index is 674. The molecule has 3 amide bonds. The standard InChI is InChI=1S/C18H35N7O6S/c1-3-9(2)13(19)16(29)24-11(7-26)14(27)25-12(8-32)15(28)23-10(17(30)31)5-4-6-22-18(20)21/h9-13,26,32H,3-8,19H2,1-2H3,(H,23,28)(H,24,29)(H,25,27)(H,30,31)(H4,20,21,22). The number of nitrogens with two attached hydrogens (primary N) is 3. The van der Waals surface area contributed by atoms with Crippen molar-refractivity contribution in [1.82, 2.24) is 16.0 Å². The number of thiol groups is 1. The first-order valence-corrected chi connectivity index (χ1v) is 10.8. The molecule has 14 heteroatoms. The molecule has 13 nitrogen and oxygen atoms in total. The number of aliphatic hydroxyl groups excluding tert-OH is 1. The molecule has 0 aliphatic carbocycles. The summed E-state index contributed by atoms with van der Waals surface area (Å²) in [7, 11) is 0. The van der Waals surface area contributed by atoms with Gasteiger partial charge in [0.2, 0.25) is 17.7 Å². The van der Waals surface area contributed by atoms with Crippen molar-refractivity contribution in [2.24, 2.45) is 28.1 Å². The minimum atomic E-state index is -1.34. The van der Waals surface area contributed by atoms with Crippen molar-refractivity contribution in [3.8, 4) is 0 Å². The fourth-order valence-corrected chi connectivity index (χ4v) is 2.73. The number of carbonyl (C=O) groups is 4. The Morgan fingerprint density at radius 1 is 1.00 bits per heavy atom. The second-order valence-corrected chi connectivity index (χ2v) is 7.61. The third kappa shape index (κ3) is 10.6. The number of aliphatic carboxylic acids is 1. The Hall–Kier alpha value is -2.58. The van der Waals surface area contributed by atoms with E-state index in [2.05, 4.69) is 33.6 Å². The highest BCUT2D eigenvalue weighted by molar-refractivity contribution is 7.80. The highest BCUT2D eigenvalue weighted by atomic mass is 32.1. The highest BCUT2D eigenvalue weighted by Crippen LogP contribution is 2.06. The predicted molar refractivity (Wildman–Crippen MR) is 122 cm³/mol. The van der Waals surface area contributed by atoms with Gasteiger partial charge in [0, 0.05) is 12.3 Å². The van der Waals surface area contributed by atoms with Crippen LogP contribution in [0.1, 0.15) is 33.1 Å². The molecule has 0 rings (SSSR count). The Balaban J connectivity index is 4.99. The number of carboxylic acid groups (broad SMARTS) is 1. The quantitative estimate of drug-likeness (QED) is 0.0501. The zero-order valence-corrected chi connectivity index (χ0v) is 19.2. The SMILES string of the molecule is CCC(C)C(N)C(=O)NC(CO)C(=O)NC(CS)C(=O)NC(CCCN=C(N)N)C(=O)O. The Kier molecular flexibility index (Phi) is 14.0. The summed E-state index contributed by atoms with van der Waals surface area (Å²) in [5.41, 5.74) is 16.2. The van der Waals surface area contributed by atoms with Crippen molar-refractivity contribution in [3.05, 3.63) is 0 Å². The minimum absolute atomic E-state index is 0.0495. The fourth-order valence-electron chi connectivity index (χ4n) is 2.47. The third-order valence-corrected chi connectivity index (χ3v) is 5.12. The van der Waals surface area contributed by atoms with Gasteiger partial charge in [0.25, 0.3) is 0 Å². The average molecular weight is 478 g/mol. The summed E-state index contributed by atoms with van der Waals surface area (Å²) in [6.45, 7) is 3.09. The fraction of sp³-hybridized carbons (Fsp3) is 0.722. The first-order valence-electron chi connectivity index (χ1n) is 10.1. The van der Waals surface area contributed by atoms with Crippen molar-refractivity contribution in [2.45, 2.75) is 57.3 Å². The van der Waals surface area contributed by atoms with Crippen LogP contribution in [0.3, 0.4) is 0 Å². The summed E-state index contributed by atoms with van der Waals surface area (Å²) in [6, 6.07) is -4.67. The number of nitrogens with one attached hydrogen (secondary N) is 3. The van der Waals surface area contributed by atoms with E-state index in [9.17, 15) is 29.4 Å². The second-order valence-electron chi connectivity index (χ2n) is 7.25. The van der Waals surface area contributed by atoms with Gasteiger partial charge in [-0.05, 0) is 18.8 Å². The maximum absolute atomic E-state index is 12.5. The van der Waals surface area contributed by atoms with E-state index in [1.54, 1.807) is 6.92 Å². The molecule has 5 unspecified atom stereocenters. The molecule has 32 heavy (non-hydrogen) atoms. The summed E-state index contributed by atoms with van der Waals surface area (Å²) < 4.78 is 0. The molecule has 5 atom stereocenters. The number of carboxylic acids is 1. The van der Waals surface area contributed by atoms with Gasteiger partial charge < -0.3 is 43.4 Å². The van der Waals surface area contributed by atoms with Gasteiger partial charge in [-0.3, -0.25) is 19.4 Å². The zero-order chi connectivity index (χ0) is 24.8. The van der Waals surface area contributed by atoms with Crippen LogP contribution in [0.4, 0.5) is 0 Å². The molecule has 0 aromatic rings. The lowest BCUT2D eigenvalue weighted by atomic mass is 9.99. The van der Waals surface area contributed by atoms with Gasteiger partial charge in [0.1, 0.15) is 18.1 Å². The molecule has 0 aromatic carbocycles. The lowest BCUT2D eigenvalue weighted by molar-refractivity contribution is -0.142. The number of nitrogens with zero attached hydrogens (tertiary/aromatic N) is 1. The van der Waals surface area contributed by atoms with Crippen molar-refractivity contribution in [2.75, 3.05) is 18.9 Å². The van der Waals surface area contributed by atoms with Crippen molar-refractivity contribution >= 4 is 42.3 Å². The van der Waals surface area contributed by atoms with Crippen LogP contribution in [0.15, 0.2) is 4.99 Å². The minimum Gasteiger partial charge on any atom is -0.480 e. The Labute approximate surface area is 192 Å². The van der Waals surface area contributed by atoms with E-state index in [0.29, 0.717) is 12.8 Å².